The van der Waals surface area contributed by atoms with E-state index in [9.17, 15) is 9.59 Å². The third-order valence-electron chi connectivity index (χ3n) is 6.41. The van der Waals surface area contributed by atoms with Gasteiger partial charge >= 0.3 is 0 Å². The first-order valence-electron chi connectivity index (χ1n) is 11.6. The third kappa shape index (κ3) is 4.17. The first-order chi connectivity index (χ1) is 18.2. The van der Waals surface area contributed by atoms with E-state index in [2.05, 4.69) is 10.4 Å². The molecule has 2 atom stereocenters. The van der Waals surface area contributed by atoms with Crippen LogP contribution in [0.5, 0.6) is 0 Å². The SMILES string of the molecule is O=CN[C@@H]1C(=O)N2C(C(=S)OC(c3ccccc3)c3ccccc3)=C(c3ccn4nccc4n3)CS[C@H]12. The van der Waals surface area contributed by atoms with Crippen LogP contribution in [-0.4, -0.2) is 54.0 Å². The molecule has 4 heterocycles. The zero-order valence-electron chi connectivity index (χ0n) is 19.4. The molecule has 0 bridgehead atoms. The second-order valence-corrected chi connectivity index (χ2v) is 10.0. The minimum Gasteiger partial charge on any atom is -0.469 e. The average Bonchev–Trinajstić information content (AvgIpc) is 3.42. The molecular weight excluding hydrogens is 506 g/mol. The fraction of sp³-hybridized carbons (Fsp3) is 0.148. The van der Waals surface area contributed by atoms with Gasteiger partial charge in [-0.3, -0.25) is 14.5 Å². The summed E-state index contributed by atoms with van der Waals surface area (Å²) in [6, 6.07) is 22.7. The van der Waals surface area contributed by atoms with Gasteiger partial charge in [0.05, 0.1) is 11.9 Å². The van der Waals surface area contributed by atoms with Gasteiger partial charge in [0.1, 0.15) is 23.2 Å². The number of nitrogens with zero attached hydrogens (tertiary/aromatic N) is 4. The molecule has 2 aromatic heterocycles. The van der Waals surface area contributed by atoms with Gasteiger partial charge in [-0.25, -0.2) is 9.50 Å². The molecule has 37 heavy (non-hydrogen) atoms. The van der Waals surface area contributed by atoms with Gasteiger partial charge in [-0.15, -0.1) is 11.8 Å². The number of ether oxygens (including phenoxy) is 1. The largest absolute Gasteiger partial charge is 0.469 e. The van der Waals surface area contributed by atoms with Crippen LogP contribution in [0.2, 0.25) is 0 Å². The summed E-state index contributed by atoms with van der Waals surface area (Å²) in [7, 11) is 0. The molecule has 1 fully saturated rings. The number of thioether (sulfide) groups is 1. The number of nitrogens with one attached hydrogen (secondary N) is 1. The maximum Gasteiger partial charge on any atom is 0.253 e. The molecule has 4 aromatic rings. The average molecular weight is 528 g/mol. The van der Waals surface area contributed by atoms with Crippen LogP contribution in [0, 0.1) is 0 Å². The molecule has 1 N–H and O–H groups in total. The molecular formula is C27H21N5O3S2. The van der Waals surface area contributed by atoms with E-state index in [0.717, 1.165) is 16.7 Å². The number of aromatic nitrogens is 3. The number of thiocarbonyl (C=S) groups is 1. The number of carbonyl (C=O) groups is 2. The van der Waals surface area contributed by atoms with Crippen molar-refractivity contribution in [3.63, 3.8) is 0 Å². The van der Waals surface area contributed by atoms with Crippen LogP contribution in [0.4, 0.5) is 0 Å². The number of rotatable bonds is 7. The van der Waals surface area contributed by atoms with E-state index in [0.29, 0.717) is 29.2 Å². The lowest BCUT2D eigenvalue weighted by atomic mass is 10.00. The van der Waals surface area contributed by atoms with Gasteiger partial charge in [0.25, 0.3) is 5.91 Å². The van der Waals surface area contributed by atoms with Crippen LogP contribution in [0.3, 0.4) is 0 Å². The van der Waals surface area contributed by atoms with Crippen LogP contribution in [0.15, 0.2) is 90.9 Å². The molecule has 10 heteroatoms. The normalized spacial score (nSPS) is 18.9. The molecule has 6 rings (SSSR count). The smallest absolute Gasteiger partial charge is 0.253 e. The Hall–Kier alpha value is -4.02. The van der Waals surface area contributed by atoms with Crippen LogP contribution in [0.1, 0.15) is 22.9 Å². The number of β-lactam (4-membered cyclic amide) rings is 1. The van der Waals surface area contributed by atoms with Gasteiger partial charge in [-0.2, -0.15) is 5.10 Å². The first-order valence-corrected chi connectivity index (χ1v) is 13.1. The maximum atomic E-state index is 13.2. The van der Waals surface area contributed by atoms with Gasteiger partial charge in [0, 0.05) is 23.6 Å². The lowest BCUT2D eigenvalue weighted by Gasteiger charge is -2.50. The molecule has 2 aliphatic heterocycles. The number of amides is 2. The quantitative estimate of drug-likeness (QED) is 0.223. The first kappa shape index (κ1) is 23.4. The van der Waals surface area contributed by atoms with Crippen molar-refractivity contribution >= 4 is 52.6 Å². The van der Waals surface area contributed by atoms with Crippen molar-refractivity contribution in [2.45, 2.75) is 17.5 Å². The van der Waals surface area contributed by atoms with Crippen LogP contribution in [0.25, 0.3) is 11.2 Å². The van der Waals surface area contributed by atoms with Crippen molar-refractivity contribution < 1.29 is 14.3 Å². The lowest BCUT2D eigenvalue weighted by molar-refractivity contribution is -0.143. The maximum absolute atomic E-state index is 13.2. The summed E-state index contributed by atoms with van der Waals surface area (Å²) in [5.74, 6) is 0.312. The van der Waals surface area contributed by atoms with Crippen LogP contribution >= 0.6 is 24.0 Å². The molecule has 2 amide bonds. The summed E-state index contributed by atoms with van der Waals surface area (Å²) in [6.07, 6.45) is 3.60. The summed E-state index contributed by atoms with van der Waals surface area (Å²) < 4.78 is 8.20. The zero-order valence-corrected chi connectivity index (χ0v) is 21.1. The topological polar surface area (TPSA) is 88.8 Å². The summed E-state index contributed by atoms with van der Waals surface area (Å²) in [5, 5.41) is 6.78. The number of hydrogen-bond acceptors (Lipinski definition) is 7. The Morgan fingerprint density at radius 2 is 1.78 bits per heavy atom. The number of benzene rings is 2. The van der Waals surface area contributed by atoms with Crippen LogP contribution < -0.4 is 5.32 Å². The predicted molar refractivity (Wildman–Crippen MR) is 144 cm³/mol. The molecule has 0 saturated carbocycles. The third-order valence-corrected chi connectivity index (χ3v) is 7.98. The molecule has 0 unspecified atom stereocenters. The van der Waals surface area contributed by atoms with Crippen molar-refractivity contribution in [3.05, 3.63) is 108 Å². The highest BCUT2D eigenvalue weighted by atomic mass is 32.2. The molecule has 1 saturated heterocycles. The fourth-order valence-corrected chi connectivity index (χ4v) is 6.31. The monoisotopic (exact) mass is 527 g/mol. The highest BCUT2D eigenvalue weighted by molar-refractivity contribution is 8.00. The van der Waals surface area contributed by atoms with Crippen molar-refractivity contribution in [2.75, 3.05) is 5.75 Å². The van der Waals surface area contributed by atoms with Crippen molar-refractivity contribution in [1.29, 1.82) is 0 Å². The highest BCUT2D eigenvalue weighted by Crippen LogP contribution is 2.44. The minimum absolute atomic E-state index is 0.200. The predicted octanol–water partition coefficient (Wildman–Crippen LogP) is 3.60. The number of fused-ring (bicyclic) bond motifs is 2. The van der Waals surface area contributed by atoms with Gasteiger partial charge in [0.2, 0.25) is 11.5 Å². The second kappa shape index (κ2) is 9.79. The molecule has 8 nitrogen and oxygen atoms in total. The summed E-state index contributed by atoms with van der Waals surface area (Å²) in [4.78, 5) is 30.7. The van der Waals surface area contributed by atoms with Gasteiger partial charge in [-0.05, 0) is 29.4 Å². The second-order valence-electron chi connectivity index (χ2n) is 8.55. The lowest BCUT2D eigenvalue weighted by Crippen LogP contribution is -2.69. The Morgan fingerprint density at radius 1 is 1.08 bits per heavy atom. The summed E-state index contributed by atoms with van der Waals surface area (Å²) in [6.45, 7) is 0. The minimum atomic E-state index is -0.605. The molecule has 0 radical (unpaired) electrons. The Balaban J connectivity index is 1.43. The molecule has 2 aliphatic rings. The Bertz CT molecular complexity index is 1480. The van der Waals surface area contributed by atoms with E-state index in [4.69, 9.17) is 21.9 Å². The zero-order chi connectivity index (χ0) is 25.4. The summed E-state index contributed by atoms with van der Waals surface area (Å²) in [5.41, 5.74) is 4.57. The van der Waals surface area contributed by atoms with Crippen molar-refractivity contribution in [2.24, 2.45) is 0 Å². The van der Waals surface area contributed by atoms with Gasteiger partial charge in [-0.1, -0.05) is 60.7 Å². The molecule has 0 aliphatic carbocycles. The molecule has 0 spiro atoms. The van der Waals surface area contributed by atoms with E-state index in [1.807, 2.05) is 79.0 Å². The van der Waals surface area contributed by atoms with E-state index in [-0.39, 0.29) is 16.3 Å². The van der Waals surface area contributed by atoms with Gasteiger partial charge in [0.15, 0.2) is 5.65 Å². The highest BCUT2D eigenvalue weighted by Gasteiger charge is 2.53. The van der Waals surface area contributed by atoms with Crippen LogP contribution in [-0.2, 0) is 14.3 Å². The Labute approximate surface area is 222 Å². The fourth-order valence-electron chi connectivity index (χ4n) is 4.63. The van der Waals surface area contributed by atoms with E-state index >= 15 is 0 Å². The van der Waals surface area contributed by atoms with E-state index in [1.165, 1.54) is 0 Å². The molecule has 2 aromatic carbocycles. The standard InChI is InChI=1S/C27H21N5O3S2/c33-16-28-22-25(34)32-23(19(15-37-26(22)32)20-12-14-31-21(30-20)11-13-29-31)27(36)35-24(17-7-3-1-4-8-17)18-9-5-2-6-10-18/h1-14,16,22,24,26H,15H2,(H,28,33)/t22-,26-/m1/s1. The van der Waals surface area contributed by atoms with E-state index < -0.39 is 12.1 Å². The Morgan fingerprint density at radius 3 is 2.46 bits per heavy atom. The summed E-state index contributed by atoms with van der Waals surface area (Å²) >= 11 is 7.46. The van der Waals surface area contributed by atoms with Gasteiger partial charge < -0.3 is 10.1 Å². The molecule has 184 valence electrons. The van der Waals surface area contributed by atoms with Crippen molar-refractivity contribution in [3.8, 4) is 0 Å². The van der Waals surface area contributed by atoms with E-state index in [1.54, 1.807) is 27.4 Å². The number of hydrogen-bond donors (Lipinski definition) is 1. The number of carbonyl (C=O) groups excluding carboxylic acids is 2. The Kier molecular flexibility index (Phi) is 6.19. The van der Waals surface area contributed by atoms with Crippen molar-refractivity contribution in [1.82, 2.24) is 24.8 Å².